The quantitative estimate of drug-likeness (QED) is 0.201. The molecule has 3 heterocycles. The van der Waals surface area contributed by atoms with E-state index in [9.17, 15) is 0 Å². The van der Waals surface area contributed by atoms with E-state index in [1.807, 2.05) is 11.3 Å². The van der Waals surface area contributed by atoms with Crippen LogP contribution < -0.4 is 5.32 Å². The Morgan fingerprint density at radius 3 is 2.24 bits per heavy atom. The Balaban J connectivity index is 1.26. The molecule has 1 aliphatic heterocycles. The van der Waals surface area contributed by atoms with Gasteiger partial charge in [-0.15, -0.1) is 11.3 Å². The number of hydrogen-bond acceptors (Lipinski definition) is 3. The summed E-state index contributed by atoms with van der Waals surface area (Å²) in [5.74, 6) is 0.864. The van der Waals surface area contributed by atoms with Crippen molar-refractivity contribution in [2.75, 3.05) is 0 Å². The highest BCUT2D eigenvalue weighted by molar-refractivity contribution is 7.25. The van der Waals surface area contributed by atoms with Gasteiger partial charge < -0.3 is 5.32 Å². The van der Waals surface area contributed by atoms with E-state index in [2.05, 4.69) is 151 Å². The third-order valence-electron chi connectivity index (χ3n) is 10.0. The normalized spacial score (nSPS) is 17.3. The highest BCUT2D eigenvalue weighted by atomic mass is 32.1. The van der Waals surface area contributed by atoms with E-state index in [1.165, 1.54) is 64.0 Å². The first-order chi connectivity index (χ1) is 22.1. The van der Waals surface area contributed by atoms with Crippen molar-refractivity contribution in [3.63, 3.8) is 0 Å². The number of aromatic nitrogens is 1. The van der Waals surface area contributed by atoms with E-state index in [0.29, 0.717) is 0 Å². The molecule has 0 bridgehead atoms. The standard InChI is InChI=1S/C41H29N3S/c1-41(2)32-16-8-5-15-29(32)39-37(41)38(26-19-20-36-31(22-26)28-14-7-10-18-35(28)45-36)42-40(43-39)44-33-17-9-6-13-27(33)30-21-24-11-3-4-12-25(24)23-34(30)44/h3-23,38H,1-2H3,(H,42,43). The summed E-state index contributed by atoms with van der Waals surface area (Å²) < 4.78 is 5.00. The van der Waals surface area contributed by atoms with Gasteiger partial charge >= 0.3 is 0 Å². The number of nitrogens with one attached hydrogen (secondary N) is 1. The van der Waals surface area contributed by atoms with Crippen molar-refractivity contribution >= 4 is 75.7 Å². The molecule has 3 nitrogen and oxygen atoms in total. The van der Waals surface area contributed by atoms with Gasteiger partial charge in [-0.1, -0.05) is 105 Å². The number of fused-ring (bicyclic) bond motifs is 9. The summed E-state index contributed by atoms with van der Waals surface area (Å²) in [6.45, 7) is 4.71. The molecule has 0 saturated heterocycles. The number of aliphatic imine (C=N–C) groups is 1. The number of thiophene rings is 1. The molecule has 214 valence electrons. The molecule has 4 heteroatoms. The maximum absolute atomic E-state index is 5.53. The van der Waals surface area contributed by atoms with Crippen LogP contribution in [0.25, 0.3) is 58.4 Å². The monoisotopic (exact) mass is 595 g/mol. The van der Waals surface area contributed by atoms with E-state index in [1.54, 1.807) is 0 Å². The fraction of sp³-hybridized carbons (Fsp3) is 0.0976. The summed E-state index contributed by atoms with van der Waals surface area (Å²) in [6.07, 6.45) is 0. The lowest BCUT2D eigenvalue weighted by atomic mass is 9.76. The molecule has 2 aliphatic rings. The molecule has 0 amide bonds. The second-order valence-electron chi connectivity index (χ2n) is 12.9. The first kappa shape index (κ1) is 25.2. The van der Waals surface area contributed by atoms with Crippen LogP contribution in [0.3, 0.4) is 0 Å². The van der Waals surface area contributed by atoms with E-state index >= 15 is 0 Å². The minimum absolute atomic E-state index is 0.0466. The fourth-order valence-corrected chi connectivity index (χ4v) is 9.04. The van der Waals surface area contributed by atoms with Gasteiger partial charge in [-0.2, -0.15) is 0 Å². The summed E-state index contributed by atoms with van der Waals surface area (Å²) in [5, 5.41) is 11.6. The lowest BCUT2D eigenvalue weighted by Crippen LogP contribution is -2.40. The Morgan fingerprint density at radius 2 is 1.36 bits per heavy atom. The molecule has 0 spiro atoms. The van der Waals surface area contributed by atoms with Gasteiger partial charge in [0.25, 0.3) is 0 Å². The van der Waals surface area contributed by atoms with Gasteiger partial charge in [0.2, 0.25) is 5.96 Å². The first-order valence-electron chi connectivity index (χ1n) is 15.6. The highest BCUT2D eigenvalue weighted by Crippen LogP contribution is 2.53. The lowest BCUT2D eigenvalue weighted by molar-refractivity contribution is 0.551. The van der Waals surface area contributed by atoms with E-state index in [4.69, 9.17) is 4.99 Å². The summed E-state index contributed by atoms with van der Waals surface area (Å²) in [5.41, 5.74) is 8.39. The Hall–Kier alpha value is -5.19. The fourth-order valence-electron chi connectivity index (χ4n) is 7.95. The summed E-state index contributed by atoms with van der Waals surface area (Å²) in [7, 11) is 0. The zero-order valence-corrected chi connectivity index (χ0v) is 25.8. The third kappa shape index (κ3) is 3.43. The van der Waals surface area contributed by atoms with Crippen LogP contribution in [0.4, 0.5) is 0 Å². The number of para-hydroxylation sites is 1. The first-order valence-corrected chi connectivity index (χ1v) is 16.4. The molecule has 10 rings (SSSR count). The Morgan fingerprint density at radius 1 is 0.644 bits per heavy atom. The van der Waals surface area contributed by atoms with E-state index in [-0.39, 0.29) is 11.5 Å². The minimum atomic E-state index is -0.179. The van der Waals surface area contributed by atoms with Crippen molar-refractivity contribution in [3.8, 4) is 0 Å². The maximum Gasteiger partial charge on any atom is 0.209 e. The molecule has 1 N–H and O–H groups in total. The van der Waals surface area contributed by atoms with Crippen molar-refractivity contribution in [2.45, 2.75) is 25.3 Å². The number of nitrogens with zero attached hydrogens (tertiary/aromatic N) is 2. The van der Waals surface area contributed by atoms with Gasteiger partial charge in [0.05, 0.1) is 22.8 Å². The second kappa shape index (κ2) is 8.93. The van der Waals surface area contributed by atoms with Crippen LogP contribution in [0.15, 0.2) is 138 Å². The predicted molar refractivity (Wildman–Crippen MR) is 191 cm³/mol. The molecule has 1 aliphatic carbocycles. The van der Waals surface area contributed by atoms with Crippen molar-refractivity contribution in [1.82, 2.24) is 9.88 Å². The second-order valence-corrected chi connectivity index (χ2v) is 14.0. The molecular formula is C41H29N3S. The van der Waals surface area contributed by atoms with Crippen LogP contribution in [-0.2, 0) is 5.41 Å². The molecule has 2 aromatic heterocycles. The molecule has 1 unspecified atom stereocenters. The van der Waals surface area contributed by atoms with Crippen LogP contribution in [0.2, 0.25) is 0 Å². The molecule has 0 radical (unpaired) electrons. The van der Waals surface area contributed by atoms with Crippen molar-refractivity contribution in [3.05, 3.63) is 150 Å². The van der Waals surface area contributed by atoms with Gasteiger partial charge in [0.1, 0.15) is 0 Å². The van der Waals surface area contributed by atoms with Crippen LogP contribution in [0.1, 0.15) is 36.6 Å². The topological polar surface area (TPSA) is 29.3 Å². The summed E-state index contributed by atoms with van der Waals surface area (Å²) in [6, 6.07) is 46.6. The Bertz CT molecular complexity index is 2610. The van der Waals surface area contributed by atoms with Gasteiger partial charge in [0, 0.05) is 41.9 Å². The Kier molecular flexibility index (Phi) is 5.00. The Labute approximate surface area is 264 Å². The number of rotatable bonds is 1. The zero-order valence-electron chi connectivity index (χ0n) is 25.0. The van der Waals surface area contributed by atoms with E-state index in [0.717, 1.165) is 22.7 Å². The molecule has 6 aromatic carbocycles. The average molecular weight is 596 g/mol. The summed E-state index contributed by atoms with van der Waals surface area (Å²) in [4.78, 5) is 5.53. The van der Waals surface area contributed by atoms with Gasteiger partial charge in [-0.3, -0.25) is 4.57 Å². The smallest absolute Gasteiger partial charge is 0.209 e. The van der Waals surface area contributed by atoms with Crippen LogP contribution in [-0.4, -0.2) is 10.5 Å². The summed E-state index contributed by atoms with van der Waals surface area (Å²) >= 11 is 1.87. The molecule has 8 aromatic rings. The molecule has 0 fully saturated rings. The number of benzene rings is 6. The third-order valence-corrected chi connectivity index (χ3v) is 11.2. The van der Waals surface area contributed by atoms with Gasteiger partial charge in [0.15, 0.2) is 0 Å². The predicted octanol–water partition coefficient (Wildman–Crippen LogP) is 10.6. The van der Waals surface area contributed by atoms with Crippen molar-refractivity contribution in [2.24, 2.45) is 4.99 Å². The largest absolute Gasteiger partial charge is 0.345 e. The van der Waals surface area contributed by atoms with Crippen LogP contribution >= 0.6 is 11.3 Å². The number of hydrogen-bond donors (Lipinski definition) is 1. The molecule has 1 atom stereocenters. The van der Waals surface area contributed by atoms with Crippen LogP contribution in [0, 0.1) is 0 Å². The SMILES string of the molecule is CC1(C)C2=C(N=C(n3c4ccccc4c4cc5ccccc5cc43)NC2c2ccc3sc4ccccc4c3c2)c2ccccc21. The molecular weight excluding hydrogens is 567 g/mol. The van der Waals surface area contributed by atoms with E-state index < -0.39 is 0 Å². The average Bonchev–Trinajstić information content (AvgIpc) is 3.68. The molecule has 45 heavy (non-hydrogen) atoms. The lowest BCUT2D eigenvalue weighted by Gasteiger charge is -2.35. The molecule has 0 saturated carbocycles. The minimum Gasteiger partial charge on any atom is -0.345 e. The maximum atomic E-state index is 5.53. The van der Waals surface area contributed by atoms with Gasteiger partial charge in [-0.05, 0) is 63.9 Å². The van der Waals surface area contributed by atoms with Gasteiger partial charge in [-0.25, -0.2) is 4.99 Å². The zero-order chi connectivity index (χ0) is 29.9. The van der Waals surface area contributed by atoms with Crippen LogP contribution in [0.5, 0.6) is 0 Å². The van der Waals surface area contributed by atoms with Crippen molar-refractivity contribution < 1.29 is 0 Å². The highest BCUT2D eigenvalue weighted by Gasteiger charge is 2.44. The van der Waals surface area contributed by atoms with Crippen molar-refractivity contribution in [1.29, 1.82) is 0 Å².